The van der Waals surface area contributed by atoms with Crippen LogP contribution in [-0.2, 0) is 14.2 Å². The summed E-state index contributed by atoms with van der Waals surface area (Å²) in [7, 11) is 0. The first-order chi connectivity index (χ1) is 8.84. The Bertz CT molecular complexity index is 208. The van der Waals surface area contributed by atoms with Gasteiger partial charge in [0, 0.05) is 19.8 Å². The highest BCUT2D eigenvalue weighted by molar-refractivity contribution is 4.76. The highest BCUT2D eigenvalue weighted by Crippen LogP contribution is 2.29. The van der Waals surface area contributed by atoms with Crippen LogP contribution in [0.15, 0.2) is 0 Å². The van der Waals surface area contributed by atoms with Gasteiger partial charge in [0.15, 0.2) is 6.29 Å². The molecule has 106 valence electrons. The molecule has 1 saturated heterocycles. The predicted molar refractivity (Wildman–Crippen MR) is 71.5 cm³/mol. The number of hydrogen-bond acceptors (Lipinski definition) is 3. The average molecular weight is 256 g/mol. The molecule has 0 radical (unpaired) electrons. The Morgan fingerprint density at radius 1 is 1.00 bits per heavy atom. The Labute approximate surface area is 111 Å². The number of hydrogen-bond donors (Lipinski definition) is 0. The Morgan fingerprint density at radius 2 is 1.78 bits per heavy atom. The maximum atomic E-state index is 5.78. The zero-order valence-electron chi connectivity index (χ0n) is 11.7. The van der Waals surface area contributed by atoms with E-state index < -0.39 is 0 Å². The van der Waals surface area contributed by atoms with Crippen molar-refractivity contribution in [3.63, 3.8) is 0 Å². The van der Waals surface area contributed by atoms with Gasteiger partial charge in [-0.15, -0.1) is 0 Å². The molecule has 1 saturated carbocycles. The fourth-order valence-corrected chi connectivity index (χ4v) is 2.65. The van der Waals surface area contributed by atoms with Gasteiger partial charge in [-0.3, -0.25) is 0 Å². The molecule has 1 aliphatic carbocycles. The zero-order valence-corrected chi connectivity index (χ0v) is 11.7. The van der Waals surface area contributed by atoms with Crippen LogP contribution >= 0.6 is 0 Å². The standard InChI is InChI=1S/C15H28O3/c1-13-11-14(12-13)16-8-4-2-5-9-17-15-7-3-6-10-18-15/h13-15H,2-12H2,1H3. The van der Waals surface area contributed by atoms with Gasteiger partial charge in [-0.05, 0) is 57.3 Å². The largest absolute Gasteiger partial charge is 0.378 e. The van der Waals surface area contributed by atoms with Crippen molar-refractivity contribution in [2.24, 2.45) is 5.92 Å². The van der Waals surface area contributed by atoms with E-state index in [2.05, 4.69) is 6.92 Å². The maximum absolute atomic E-state index is 5.78. The third kappa shape index (κ3) is 5.25. The summed E-state index contributed by atoms with van der Waals surface area (Å²) >= 11 is 0. The molecule has 1 atom stereocenters. The van der Waals surface area contributed by atoms with Crippen molar-refractivity contribution >= 4 is 0 Å². The fraction of sp³-hybridized carbons (Fsp3) is 1.00. The number of rotatable bonds is 8. The molecule has 1 heterocycles. The number of unbranched alkanes of at least 4 members (excludes halogenated alkanes) is 2. The van der Waals surface area contributed by atoms with Crippen molar-refractivity contribution < 1.29 is 14.2 Å². The van der Waals surface area contributed by atoms with Crippen molar-refractivity contribution in [1.82, 2.24) is 0 Å². The van der Waals surface area contributed by atoms with E-state index in [-0.39, 0.29) is 6.29 Å². The van der Waals surface area contributed by atoms with Gasteiger partial charge in [0.25, 0.3) is 0 Å². The van der Waals surface area contributed by atoms with Gasteiger partial charge >= 0.3 is 0 Å². The monoisotopic (exact) mass is 256 g/mol. The first-order valence-corrected chi connectivity index (χ1v) is 7.69. The normalized spacial score (nSPS) is 32.2. The zero-order chi connectivity index (χ0) is 12.6. The van der Waals surface area contributed by atoms with Gasteiger partial charge < -0.3 is 14.2 Å². The van der Waals surface area contributed by atoms with E-state index in [1.54, 1.807) is 0 Å². The first-order valence-electron chi connectivity index (χ1n) is 7.69. The minimum Gasteiger partial charge on any atom is -0.378 e. The van der Waals surface area contributed by atoms with E-state index in [9.17, 15) is 0 Å². The predicted octanol–water partition coefficient (Wildman–Crippen LogP) is 3.52. The molecule has 1 aliphatic heterocycles. The van der Waals surface area contributed by atoms with E-state index in [0.717, 1.165) is 38.6 Å². The van der Waals surface area contributed by atoms with Crippen molar-refractivity contribution in [2.75, 3.05) is 19.8 Å². The third-order valence-corrected chi connectivity index (χ3v) is 3.91. The van der Waals surface area contributed by atoms with Crippen molar-refractivity contribution in [1.29, 1.82) is 0 Å². The highest BCUT2D eigenvalue weighted by Gasteiger charge is 2.25. The van der Waals surface area contributed by atoms with Crippen molar-refractivity contribution in [3.8, 4) is 0 Å². The second-order valence-electron chi connectivity index (χ2n) is 5.80. The smallest absolute Gasteiger partial charge is 0.157 e. The van der Waals surface area contributed by atoms with Gasteiger partial charge in [0.2, 0.25) is 0 Å². The lowest BCUT2D eigenvalue weighted by Crippen LogP contribution is -2.29. The Balaban J connectivity index is 1.33. The Hall–Kier alpha value is -0.120. The molecule has 18 heavy (non-hydrogen) atoms. The molecule has 0 aromatic heterocycles. The molecular weight excluding hydrogens is 228 g/mol. The molecule has 2 rings (SSSR count). The minimum atomic E-state index is 0.0754. The summed E-state index contributed by atoms with van der Waals surface area (Å²) in [6.45, 7) is 4.94. The molecule has 3 heteroatoms. The van der Waals surface area contributed by atoms with Crippen LogP contribution < -0.4 is 0 Å². The molecule has 3 nitrogen and oxygen atoms in total. The van der Waals surface area contributed by atoms with Crippen LogP contribution in [0.5, 0.6) is 0 Å². The Kier molecular flexibility index (Phi) is 6.46. The van der Waals surface area contributed by atoms with E-state index in [0.29, 0.717) is 6.10 Å². The molecule has 0 bridgehead atoms. The summed E-state index contributed by atoms with van der Waals surface area (Å²) in [6, 6.07) is 0. The average Bonchev–Trinajstić information content (AvgIpc) is 2.36. The molecule has 0 amide bonds. The molecule has 0 aromatic carbocycles. The van der Waals surface area contributed by atoms with Crippen molar-refractivity contribution in [2.45, 2.75) is 70.7 Å². The minimum absolute atomic E-state index is 0.0754. The van der Waals surface area contributed by atoms with Gasteiger partial charge in [0.1, 0.15) is 0 Å². The summed E-state index contributed by atoms with van der Waals surface area (Å²) in [5, 5.41) is 0. The second kappa shape index (κ2) is 8.13. The van der Waals surface area contributed by atoms with Crippen LogP contribution in [0, 0.1) is 5.92 Å². The fourth-order valence-electron chi connectivity index (χ4n) is 2.65. The maximum Gasteiger partial charge on any atom is 0.157 e. The van der Waals surface area contributed by atoms with Crippen LogP contribution in [0.3, 0.4) is 0 Å². The number of ether oxygens (including phenoxy) is 3. The summed E-state index contributed by atoms with van der Waals surface area (Å²) in [6.07, 6.45) is 10.2. The van der Waals surface area contributed by atoms with E-state index in [4.69, 9.17) is 14.2 Å². The summed E-state index contributed by atoms with van der Waals surface area (Å²) < 4.78 is 17.0. The van der Waals surface area contributed by atoms with Crippen LogP contribution in [0.4, 0.5) is 0 Å². The summed E-state index contributed by atoms with van der Waals surface area (Å²) in [5.41, 5.74) is 0. The third-order valence-electron chi connectivity index (χ3n) is 3.91. The first kappa shape index (κ1) is 14.3. The van der Waals surface area contributed by atoms with E-state index >= 15 is 0 Å². The van der Waals surface area contributed by atoms with Gasteiger partial charge in [-0.2, -0.15) is 0 Å². The quantitative estimate of drug-likeness (QED) is 0.622. The summed E-state index contributed by atoms with van der Waals surface area (Å²) in [4.78, 5) is 0. The van der Waals surface area contributed by atoms with Crippen LogP contribution in [0.1, 0.15) is 58.3 Å². The van der Waals surface area contributed by atoms with E-state index in [1.165, 1.54) is 38.5 Å². The molecule has 0 aromatic rings. The van der Waals surface area contributed by atoms with E-state index in [1.807, 2.05) is 0 Å². The molecule has 0 spiro atoms. The molecule has 1 unspecified atom stereocenters. The van der Waals surface area contributed by atoms with Crippen LogP contribution in [-0.4, -0.2) is 32.2 Å². The second-order valence-corrected chi connectivity index (χ2v) is 5.80. The highest BCUT2D eigenvalue weighted by atomic mass is 16.7. The van der Waals surface area contributed by atoms with Crippen molar-refractivity contribution in [3.05, 3.63) is 0 Å². The molecule has 2 fully saturated rings. The van der Waals surface area contributed by atoms with Crippen LogP contribution in [0.2, 0.25) is 0 Å². The van der Waals surface area contributed by atoms with Gasteiger partial charge in [-0.1, -0.05) is 6.92 Å². The lowest BCUT2D eigenvalue weighted by Gasteiger charge is -2.32. The molecular formula is C15H28O3. The van der Waals surface area contributed by atoms with Crippen LogP contribution in [0.25, 0.3) is 0 Å². The van der Waals surface area contributed by atoms with Gasteiger partial charge in [-0.25, -0.2) is 0 Å². The molecule has 0 N–H and O–H groups in total. The molecule has 2 aliphatic rings. The SMILES string of the molecule is CC1CC(OCCCCCOC2CCCCO2)C1. The topological polar surface area (TPSA) is 27.7 Å². The van der Waals surface area contributed by atoms with Gasteiger partial charge in [0.05, 0.1) is 6.10 Å². The lowest BCUT2D eigenvalue weighted by molar-refractivity contribution is -0.162. The lowest BCUT2D eigenvalue weighted by atomic mass is 9.84. The Morgan fingerprint density at radius 3 is 2.44 bits per heavy atom. The summed E-state index contributed by atoms with van der Waals surface area (Å²) in [5.74, 6) is 0.888.